The van der Waals surface area contributed by atoms with Crippen molar-refractivity contribution in [2.75, 3.05) is 45.8 Å². The van der Waals surface area contributed by atoms with Crippen LogP contribution in [-0.2, 0) is 54.5 Å². The quantitative estimate of drug-likeness (QED) is 0.0223. The van der Waals surface area contributed by atoms with E-state index in [4.69, 9.17) is 63.3 Å². The minimum atomic E-state index is -0.879. The van der Waals surface area contributed by atoms with E-state index < -0.39 is 30.2 Å². The average Bonchev–Trinajstić information content (AvgIpc) is 1.94. The number of fused-ring (bicyclic) bond motifs is 1. The summed E-state index contributed by atoms with van der Waals surface area (Å²) >= 11 is 12.2. The third-order valence-corrected chi connectivity index (χ3v) is 16.7. The highest BCUT2D eigenvalue weighted by Gasteiger charge is 2.43. The van der Waals surface area contributed by atoms with E-state index in [9.17, 15) is 28.8 Å². The highest BCUT2D eigenvalue weighted by atomic mass is 35.5. The molecule has 5 aromatic carbocycles. The molecular formula is C66H90Cl2N16O6. The van der Waals surface area contributed by atoms with E-state index in [1.165, 1.54) is 19.4 Å². The fourth-order valence-electron chi connectivity index (χ4n) is 11.7. The molecule has 0 radical (unpaired) electrons. The van der Waals surface area contributed by atoms with E-state index in [-0.39, 0.29) is 91.3 Å². The number of nitrogens with two attached hydrogens (primary N) is 7. The first-order valence-corrected chi connectivity index (χ1v) is 31.3. The smallest absolute Gasteiger partial charge is 0.245 e. The monoisotopic (exact) mass is 1270 g/mol. The number of halogens is 2. The summed E-state index contributed by atoms with van der Waals surface area (Å²) in [6.07, 6.45) is 4.60. The third-order valence-electron chi connectivity index (χ3n) is 16.2. The summed E-state index contributed by atoms with van der Waals surface area (Å²) in [5.41, 5.74) is 45.7. The van der Waals surface area contributed by atoms with E-state index >= 15 is 0 Å². The Kier molecular flexibility index (Phi) is 27.1. The molecule has 22 nitrogen and oxygen atoms in total. The number of piperazine rings is 2. The van der Waals surface area contributed by atoms with Crippen LogP contribution in [0.3, 0.4) is 0 Å². The van der Waals surface area contributed by atoms with Crippen LogP contribution in [0.4, 0.5) is 0 Å². The molecule has 24 heteroatoms. The molecule has 0 aliphatic carbocycles. The number of aliphatic imine (C=N–C) groups is 3. The van der Waals surface area contributed by atoms with Crippen molar-refractivity contribution >= 4 is 87.3 Å². The molecule has 0 aromatic heterocycles. The minimum absolute atomic E-state index is 0.0479. The standard InChI is InChI=1S/C34H48Cl2N10O4.C32H42N6O2/c1-21(47)43-29(17-23-7-11-25(35)12-8-23)31(49)45-19-28(6-4-16-42-34(39)40)46(20-27(45)5-3-15-41-33(37)38)32(50)30(44-22(2)48)18-24-9-13-26(36)14-10-24;1-21-10-12-26(22(2)15-21)18-29(33)31(40)37-20-28(9-6-14-36-32(34)35)38(19-23(37)3)30(39)17-24-11-13-25-7-4-5-8-27(25)16-24/h7-14,27-30H,3-6,15-20H2,1-2H3,(H,43,47)(H,44,48)(H4,37,38,41)(H4,39,40,42);4-5,7-8,10-13,15-16,23,28-29H,6,9,14,17-20,33H2,1-3H3,(H4,34,35,36)/t27-,28-,29+,30+;23-,28+,29-/m01/s1. The van der Waals surface area contributed by atoms with Gasteiger partial charge < -0.3 is 70.4 Å². The summed E-state index contributed by atoms with van der Waals surface area (Å²) < 4.78 is 0. The molecule has 5 aromatic rings. The Labute approximate surface area is 538 Å². The first-order valence-electron chi connectivity index (χ1n) is 30.5. The number of guanidine groups is 3. The second kappa shape index (κ2) is 34.5. The van der Waals surface area contributed by atoms with Crippen molar-refractivity contribution in [3.8, 4) is 0 Å². The highest BCUT2D eigenvalue weighted by Crippen LogP contribution is 2.28. The molecule has 2 aliphatic heterocycles. The number of hydrogen-bond acceptors (Lipinski definition) is 10. The van der Waals surface area contributed by atoms with Crippen LogP contribution in [0.25, 0.3) is 10.8 Å². The van der Waals surface area contributed by atoms with Gasteiger partial charge >= 0.3 is 0 Å². The molecule has 0 spiro atoms. The van der Waals surface area contributed by atoms with Gasteiger partial charge in [0.15, 0.2) is 17.9 Å². The van der Waals surface area contributed by atoms with Crippen LogP contribution in [0.5, 0.6) is 0 Å². The Hall–Kier alpha value is -8.47. The molecular weight excluding hydrogens is 1180 g/mol. The van der Waals surface area contributed by atoms with Crippen molar-refractivity contribution in [3.05, 3.63) is 153 Å². The summed E-state index contributed by atoms with van der Waals surface area (Å²) in [5, 5.41) is 9.02. The van der Waals surface area contributed by atoms with Crippen molar-refractivity contribution in [2.24, 2.45) is 55.1 Å². The van der Waals surface area contributed by atoms with Gasteiger partial charge in [-0.15, -0.1) is 0 Å². The summed E-state index contributed by atoms with van der Waals surface area (Å²) in [7, 11) is 0. The first-order chi connectivity index (χ1) is 42.8. The van der Waals surface area contributed by atoms with Crippen LogP contribution >= 0.6 is 23.2 Å². The van der Waals surface area contributed by atoms with Crippen LogP contribution in [0.2, 0.25) is 10.0 Å². The fraction of sp³-hybridized carbons (Fsp3) is 0.439. The minimum Gasteiger partial charge on any atom is -0.370 e. The van der Waals surface area contributed by atoms with Gasteiger partial charge in [-0.1, -0.05) is 114 Å². The predicted octanol–water partition coefficient (Wildman–Crippen LogP) is 4.35. The van der Waals surface area contributed by atoms with Crippen LogP contribution in [0.1, 0.15) is 92.7 Å². The molecule has 2 aliphatic rings. The van der Waals surface area contributed by atoms with Gasteiger partial charge in [-0.05, 0) is 129 Å². The number of hydrogen-bond donors (Lipinski definition) is 9. The fourth-order valence-corrected chi connectivity index (χ4v) is 12.0. The van der Waals surface area contributed by atoms with Gasteiger partial charge in [0.05, 0.1) is 12.5 Å². The molecule has 0 saturated carbocycles. The molecule has 7 rings (SSSR count). The number of rotatable bonds is 25. The Morgan fingerprint density at radius 3 is 1.40 bits per heavy atom. The Balaban J connectivity index is 0.000000293. The molecule has 484 valence electrons. The zero-order chi connectivity index (χ0) is 65.6. The number of nitrogens with zero attached hydrogens (tertiary/aromatic N) is 7. The SMILES string of the molecule is CC(=O)N[C@H](Cc1ccc(Cl)cc1)C(=O)N1C[C@H](CCCN=C(N)N)N(C(=O)[C@@H](Cc2ccc(Cl)cc2)NC(C)=O)C[C@@H]1CCCN=C(N)N.Cc1ccc(C[C@@H](N)C(=O)N2C[C@H](CCCN=C(N)N)N(C(=O)Cc3ccc4ccccc4c3)C[C@H]2C)c(C)c1. The molecule has 7 atom stereocenters. The molecule has 90 heavy (non-hydrogen) atoms. The van der Waals surface area contributed by atoms with Gasteiger partial charge in [0, 0.05) is 107 Å². The summed E-state index contributed by atoms with van der Waals surface area (Å²) in [4.78, 5) is 100. The van der Waals surface area contributed by atoms with Crippen LogP contribution in [0, 0.1) is 13.8 Å². The molecule has 0 bridgehead atoms. The second-order valence-corrected chi connectivity index (χ2v) is 24.3. The van der Waals surface area contributed by atoms with Crippen molar-refractivity contribution in [3.63, 3.8) is 0 Å². The van der Waals surface area contributed by atoms with Crippen LogP contribution in [-0.4, -0.2) is 161 Å². The van der Waals surface area contributed by atoms with Crippen LogP contribution in [0.15, 0.2) is 124 Å². The molecule has 2 heterocycles. The van der Waals surface area contributed by atoms with Crippen molar-refractivity contribution in [2.45, 2.75) is 141 Å². The first kappa shape index (κ1) is 70.6. The van der Waals surface area contributed by atoms with Crippen LogP contribution < -0.4 is 50.8 Å². The van der Waals surface area contributed by atoms with Crippen molar-refractivity contribution < 1.29 is 28.8 Å². The van der Waals surface area contributed by atoms with E-state index in [1.807, 2.05) is 59.2 Å². The topological polar surface area (TPSA) is 359 Å². The van der Waals surface area contributed by atoms with E-state index in [0.29, 0.717) is 94.1 Å². The highest BCUT2D eigenvalue weighted by molar-refractivity contribution is 6.30. The molecule has 0 unspecified atom stereocenters. The summed E-state index contributed by atoms with van der Waals surface area (Å²) in [6, 6.07) is 31.0. The number of aryl methyl sites for hydroxylation is 2. The Morgan fingerprint density at radius 1 is 0.522 bits per heavy atom. The lowest BCUT2D eigenvalue weighted by molar-refractivity contribution is -0.151. The summed E-state index contributed by atoms with van der Waals surface area (Å²) in [6.45, 7) is 11.2. The zero-order valence-corrected chi connectivity index (χ0v) is 53.8. The van der Waals surface area contributed by atoms with Gasteiger partial charge in [0.25, 0.3) is 0 Å². The van der Waals surface area contributed by atoms with Gasteiger partial charge in [-0.3, -0.25) is 43.7 Å². The maximum absolute atomic E-state index is 14.4. The number of carbonyl (C=O) groups is 6. The van der Waals surface area contributed by atoms with Gasteiger partial charge in [-0.25, -0.2) is 0 Å². The van der Waals surface area contributed by atoms with Gasteiger partial charge in [0.2, 0.25) is 35.4 Å². The molecule has 6 amide bonds. The van der Waals surface area contributed by atoms with Gasteiger partial charge in [0.1, 0.15) is 12.1 Å². The maximum atomic E-state index is 14.4. The molecule has 2 saturated heterocycles. The molecule has 16 N–H and O–H groups in total. The summed E-state index contributed by atoms with van der Waals surface area (Å²) in [5.74, 6) is -1.36. The van der Waals surface area contributed by atoms with Gasteiger partial charge in [-0.2, -0.15) is 0 Å². The van der Waals surface area contributed by atoms with E-state index in [1.54, 1.807) is 34.1 Å². The normalized spacial score (nSPS) is 17.4. The number of carbonyl (C=O) groups excluding carboxylic acids is 6. The Morgan fingerprint density at radius 2 is 0.956 bits per heavy atom. The predicted molar refractivity (Wildman–Crippen MR) is 358 cm³/mol. The third kappa shape index (κ3) is 21.9. The zero-order valence-electron chi connectivity index (χ0n) is 52.3. The van der Waals surface area contributed by atoms with Crippen molar-refractivity contribution in [1.29, 1.82) is 0 Å². The lowest BCUT2D eigenvalue weighted by Gasteiger charge is -2.48. The lowest BCUT2D eigenvalue weighted by atomic mass is 9.95. The van der Waals surface area contributed by atoms with Crippen molar-refractivity contribution in [1.82, 2.24) is 30.2 Å². The number of benzene rings is 5. The number of nitrogens with one attached hydrogen (secondary N) is 2. The molecule has 2 fully saturated rings. The van der Waals surface area contributed by atoms with E-state index in [2.05, 4.69) is 81.9 Å². The average molecular weight is 1270 g/mol. The largest absolute Gasteiger partial charge is 0.370 e. The number of amides is 6. The Bertz CT molecular complexity index is 3220. The van der Waals surface area contributed by atoms with E-state index in [0.717, 1.165) is 38.6 Å². The second-order valence-electron chi connectivity index (χ2n) is 23.4. The lowest BCUT2D eigenvalue weighted by Crippen LogP contribution is -2.66. The maximum Gasteiger partial charge on any atom is 0.245 e.